The molecule has 1 aromatic heterocycles. The number of methoxy groups -OCH3 is 1. The molecule has 1 N–H and O–H groups in total. The lowest BCUT2D eigenvalue weighted by Crippen LogP contribution is -2.29. The summed E-state index contributed by atoms with van der Waals surface area (Å²) in [6.07, 6.45) is 5.81. The van der Waals surface area contributed by atoms with Crippen molar-refractivity contribution in [2.45, 2.75) is 43.7 Å². The number of piperidine rings is 1. The zero-order valence-electron chi connectivity index (χ0n) is 13.5. The van der Waals surface area contributed by atoms with Crippen LogP contribution in [0, 0.1) is 5.92 Å². The van der Waals surface area contributed by atoms with Crippen molar-refractivity contribution in [3.8, 4) is 0 Å². The highest BCUT2D eigenvalue weighted by atomic mass is 32.2. The first-order chi connectivity index (χ1) is 10.7. The van der Waals surface area contributed by atoms with Crippen molar-refractivity contribution < 1.29 is 9.53 Å². The van der Waals surface area contributed by atoms with Crippen LogP contribution in [0.3, 0.4) is 0 Å². The normalized spacial score (nSPS) is 15.9. The first-order valence-corrected chi connectivity index (χ1v) is 8.98. The lowest BCUT2D eigenvalue weighted by molar-refractivity contribution is -0.140. The highest BCUT2D eigenvalue weighted by Gasteiger charge is 2.17. The molecule has 6 nitrogen and oxygen atoms in total. The second kappa shape index (κ2) is 9.15. The number of nitrogens with zero attached hydrogens (tertiary/aromatic N) is 3. The lowest BCUT2D eigenvalue weighted by atomic mass is 9.94. The van der Waals surface area contributed by atoms with Crippen LogP contribution < -0.4 is 5.32 Å². The van der Waals surface area contributed by atoms with Crippen molar-refractivity contribution in [1.29, 1.82) is 0 Å². The van der Waals surface area contributed by atoms with E-state index < -0.39 is 0 Å². The number of thioether (sulfide) groups is 1. The Labute approximate surface area is 136 Å². The summed E-state index contributed by atoms with van der Waals surface area (Å²) >= 11 is 1.71. The monoisotopic (exact) mass is 326 g/mol. The summed E-state index contributed by atoms with van der Waals surface area (Å²) in [6.45, 7) is 2.23. The van der Waals surface area contributed by atoms with Crippen LogP contribution in [-0.2, 0) is 23.0 Å². The molecule has 7 heteroatoms. The Bertz CT molecular complexity index is 472. The summed E-state index contributed by atoms with van der Waals surface area (Å²) in [6, 6.07) is 0. The van der Waals surface area contributed by atoms with Crippen LogP contribution in [0.25, 0.3) is 0 Å². The topological polar surface area (TPSA) is 69.0 Å². The fourth-order valence-electron chi connectivity index (χ4n) is 2.63. The third kappa shape index (κ3) is 5.28. The molecule has 0 saturated carbocycles. The highest BCUT2D eigenvalue weighted by Crippen LogP contribution is 2.21. The van der Waals surface area contributed by atoms with Gasteiger partial charge in [-0.25, -0.2) is 0 Å². The molecule has 0 aliphatic carbocycles. The molecule has 124 valence electrons. The van der Waals surface area contributed by atoms with Crippen LogP contribution in [0.1, 0.15) is 37.9 Å². The minimum absolute atomic E-state index is 0.132. The number of hydrogen-bond donors (Lipinski definition) is 1. The van der Waals surface area contributed by atoms with E-state index >= 15 is 0 Å². The molecule has 0 unspecified atom stereocenters. The van der Waals surface area contributed by atoms with Gasteiger partial charge in [-0.3, -0.25) is 4.79 Å². The van der Waals surface area contributed by atoms with Crippen molar-refractivity contribution >= 4 is 17.7 Å². The second-order valence-corrected chi connectivity index (χ2v) is 6.80. The summed E-state index contributed by atoms with van der Waals surface area (Å²) in [5, 5.41) is 13.0. The van der Waals surface area contributed by atoms with Gasteiger partial charge in [-0.05, 0) is 44.7 Å². The van der Waals surface area contributed by atoms with Crippen LogP contribution in [0.15, 0.2) is 5.16 Å². The lowest BCUT2D eigenvalue weighted by Gasteiger charge is -2.21. The van der Waals surface area contributed by atoms with E-state index in [9.17, 15) is 4.79 Å². The van der Waals surface area contributed by atoms with Gasteiger partial charge in [-0.15, -0.1) is 10.2 Å². The molecule has 1 fully saturated rings. The van der Waals surface area contributed by atoms with E-state index in [2.05, 4.69) is 24.8 Å². The minimum Gasteiger partial charge on any atom is -0.469 e. The molecule has 2 rings (SSSR count). The van der Waals surface area contributed by atoms with Crippen molar-refractivity contribution in [2.24, 2.45) is 13.0 Å². The van der Waals surface area contributed by atoms with Crippen LogP contribution in [0.2, 0.25) is 0 Å². The van der Waals surface area contributed by atoms with Gasteiger partial charge in [0.2, 0.25) is 0 Å². The van der Waals surface area contributed by atoms with Gasteiger partial charge in [-0.2, -0.15) is 0 Å². The van der Waals surface area contributed by atoms with Crippen LogP contribution in [0.5, 0.6) is 0 Å². The van der Waals surface area contributed by atoms with Crippen molar-refractivity contribution in [3.63, 3.8) is 0 Å². The third-order valence-corrected chi connectivity index (χ3v) is 5.20. The molecule has 0 aromatic carbocycles. The van der Waals surface area contributed by atoms with Gasteiger partial charge < -0.3 is 14.6 Å². The Morgan fingerprint density at radius 1 is 1.36 bits per heavy atom. The fraction of sp³-hybridized carbons (Fsp3) is 0.800. The highest BCUT2D eigenvalue weighted by molar-refractivity contribution is 7.99. The maximum absolute atomic E-state index is 11.0. The average Bonchev–Trinajstić information content (AvgIpc) is 2.88. The Morgan fingerprint density at radius 2 is 2.14 bits per heavy atom. The molecule has 22 heavy (non-hydrogen) atoms. The van der Waals surface area contributed by atoms with Gasteiger partial charge in [0.05, 0.1) is 7.11 Å². The van der Waals surface area contributed by atoms with E-state index in [-0.39, 0.29) is 5.97 Å². The van der Waals surface area contributed by atoms with Gasteiger partial charge in [0.15, 0.2) is 5.16 Å². The largest absolute Gasteiger partial charge is 0.469 e. The first kappa shape index (κ1) is 17.3. The third-order valence-electron chi connectivity index (χ3n) is 4.09. The zero-order chi connectivity index (χ0) is 15.8. The van der Waals surface area contributed by atoms with Crippen LogP contribution >= 0.6 is 11.8 Å². The summed E-state index contributed by atoms with van der Waals surface area (Å²) in [5.74, 6) is 2.63. The maximum Gasteiger partial charge on any atom is 0.305 e. The standard InChI is InChI=1S/C15H26N4O2S/c1-19-13(11-12-6-8-16-9-7-12)17-18-15(19)22-10-4-3-5-14(20)21-2/h12,16H,3-11H2,1-2H3. The van der Waals surface area contributed by atoms with Crippen LogP contribution in [-0.4, -0.2) is 46.7 Å². The Kier molecular flexibility index (Phi) is 7.18. The molecule has 0 bridgehead atoms. The molecule has 2 heterocycles. The molecule has 1 aliphatic heterocycles. The van der Waals surface area contributed by atoms with Gasteiger partial charge in [-0.1, -0.05) is 11.8 Å². The van der Waals surface area contributed by atoms with Gasteiger partial charge in [0.1, 0.15) is 5.82 Å². The number of carbonyl (C=O) groups is 1. The van der Waals surface area contributed by atoms with E-state index in [0.29, 0.717) is 6.42 Å². The molecule has 1 saturated heterocycles. The van der Waals surface area contributed by atoms with Crippen LogP contribution in [0.4, 0.5) is 0 Å². The molecular formula is C15H26N4O2S. The van der Waals surface area contributed by atoms with E-state index in [1.54, 1.807) is 11.8 Å². The smallest absolute Gasteiger partial charge is 0.305 e. The summed E-state index contributed by atoms with van der Waals surface area (Å²) in [7, 11) is 3.48. The number of aromatic nitrogens is 3. The zero-order valence-corrected chi connectivity index (χ0v) is 14.3. The van der Waals surface area contributed by atoms with E-state index in [0.717, 1.165) is 55.0 Å². The quantitative estimate of drug-likeness (QED) is 0.446. The summed E-state index contributed by atoms with van der Waals surface area (Å²) in [4.78, 5) is 11.0. The average molecular weight is 326 g/mol. The van der Waals surface area contributed by atoms with Gasteiger partial charge >= 0.3 is 5.97 Å². The summed E-state index contributed by atoms with van der Waals surface area (Å²) < 4.78 is 6.75. The van der Waals surface area contributed by atoms with Crippen molar-refractivity contribution in [2.75, 3.05) is 26.0 Å². The number of carbonyl (C=O) groups excluding carboxylic acids is 1. The Hall–Kier alpha value is -1.08. The second-order valence-electron chi connectivity index (χ2n) is 5.74. The SMILES string of the molecule is COC(=O)CCCCSc1nnc(CC2CCNCC2)n1C. The minimum atomic E-state index is -0.132. The summed E-state index contributed by atoms with van der Waals surface area (Å²) in [5.41, 5.74) is 0. The first-order valence-electron chi connectivity index (χ1n) is 7.99. The number of hydrogen-bond acceptors (Lipinski definition) is 6. The molecule has 0 spiro atoms. The molecule has 1 aromatic rings. The van der Waals surface area contributed by atoms with Crippen molar-refractivity contribution in [3.05, 3.63) is 5.82 Å². The molecular weight excluding hydrogens is 300 g/mol. The van der Waals surface area contributed by atoms with Crippen molar-refractivity contribution in [1.82, 2.24) is 20.1 Å². The Morgan fingerprint density at radius 3 is 2.86 bits per heavy atom. The number of rotatable bonds is 8. The van der Waals surface area contributed by atoms with E-state index in [4.69, 9.17) is 0 Å². The maximum atomic E-state index is 11.0. The number of unbranched alkanes of at least 4 members (excludes halogenated alkanes) is 1. The predicted octanol–water partition coefficient (Wildman–Crippen LogP) is 1.79. The number of esters is 1. The molecule has 1 aliphatic rings. The molecule has 0 radical (unpaired) electrons. The Balaban J connectivity index is 1.72. The van der Waals surface area contributed by atoms with E-state index in [1.807, 2.05) is 7.05 Å². The number of ether oxygens (including phenoxy) is 1. The predicted molar refractivity (Wildman–Crippen MR) is 86.9 cm³/mol. The number of nitrogens with one attached hydrogen (secondary N) is 1. The van der Waals surface area contributed by atoms with Gasteiger partial charge in [0.25, 0.3) is 0 Å². The molecule has 0 amide bonds. The van der Waals surface area contributed by atoms with E-state index in [1.165, 1.54) is 20.0 Å². The molecule has 0 atom stereocenters. The fourth-order valence-corrected chi connectivity index (χ4v) is 3.56. The van der Waals surface area contributed by atoms with Gasteiger partial charge in [0, 0.05) is 25.6 Å².